The molecule has 1 unspecified atom stereocenters. The Morgan fingerprint density at radius 2 is 2.06 bits per heavy atom. The van der Waals surface area contributed by atoms with Gasteiger partial charge in [0.15, 0.2) is 0 Å². The molecular formula is C13H18N2O. The van der Waals surface area contributed by atoms with Crippen LogP contribution in [0.4, 0.5) is 11.4 Å². The summed E-state index contributed by atoms with van der Waals surface area (Å²) in [6.45, 7) is 8.26. The zero-order valence-electron chi connectivity index (χ0n) is 10.2. The van der Waals surface area contributed by atoms with Gasteiger partial charge in [0.05, 0.1) is 11.4 Å². The van der Waals surface area contributed by atoms with E-state index >= 15 is 0 Å². The van der Waals surface area contributed by atoms with E-state index in [4.69, 9.17) is 0 Å². The molecule has 16 heavy (non-hydrogen) atoms. The third kappa shape index (κ3) is 1.56. The Balaban J connectivity index is 2.58. The largest absolute Gasteiger partial charge is 0.355 e. The second-order valence-corrected chi connectivity index (χ2v) is 4.64. The first-order valence-electron chi connectivity index (χ1n) is 5.71. The lowest BCUT2D eigenvalue weighted by Crippen LogP contribution is -2.49. The summed E-state index contributed by atoms with van der Waals surface area (Å²) in [7, 11) is 0. The first-order valence-corrected chi connectivity index (χ1v) is 5.71. The highest BCUT2D eigenvalue weighted by atomic mass is 16.2. The molecule has 1 aromatic carbocycles. The van der Waals surface area contributed by atoms with Gasteiger partial charge in [0.2, 0.25) is 5.91 Å². The number of fused-ring (bicyclic) bond motifs is 1. The second-order valence-electron chi connectivity index (χ2n) is 4.64. The van der Waals surface area contributed by atoms with E-state index in [1.807, 2.05) is 19.1 Å². The normalized spacial score (nSPS) is 19.7. The van der Waals surface area contributed by atoms with Crippen molar-refractivity contribution in [3.8, 4) is 0 Å². The molecule has 1 N–H and O–H groups in total. The minimum Gasteiger partial charge on any atom is -0.355 e. The van der Waals surface area contributed by atoms with E-state index in [-0.39, 0.29) is 11.9 Å². The van der Waals surface area contributed by atoms with Crippen molar-refractivity contribution in [1.29, 1.82) is 0 Å². The number of aryl methyl sites for hydroxylation is 1. The lowest BCUT2D eigenvalue weighted by molar-refractivity contribution is -0.117. The molecule has 0 aliphatic carbocycles. The van der Waals surface area contributed by atoms with Gasteiger partial charge in [-0.2, -0.15) is 0 Å². The molecule has 0 bridgehead atoms. The third-order valence-electron chi connectivity index (χ3n) is 3.11. The molecular weight excluding hydrogens is 200 g/mol. The summed E-state index contributed by atoms with van der Waals surface area (Å²) in [4.78, 5) is 14.0. The molecule has 1 aromatic rings. The van der Waals surface area contributed by atoms with Crippen LogP contribution in [0.5, 0.6) is 0 Å². The van der Waals surface area contributed by atoms with Crippen LogP contribution in [0.15, 0.2) is 18.2 Å². The number of anilines is 2. The van der Waals surface area contributed by atoms with Crippen molar-refractivity contribution < 1.29 is 4.79 Å². The van der Waals surface area contributed by atoms with Gasteiger partial charge in [-0.3, -0.25) is 4.79 Å². The van der Waals surface area contributed by atoms with Crippen molar-refractivity contribution >= 4 is 17.3 Å². The zero-order chi connectivity index (χ0) is 11.9. The molecule has 0 fully saturated rings. The summed E-state index contributed by atoms with van der Waals surface area (Å²) in [5.41, 5.74) is 3.29. The summed E-state index contributed by atoms with van der Waals surface area (Å²) in [5.74, 6) is 0.0757. The molecule has 0 spiro atoms. The maximum atomic E-state index is 11.8. The van der Waals surface area contributed by atoms with Crippen LogP contribution < -0.4 is 10.2 Å². The lowest BCUT2D eigenvalue weighted by Gasteiger charge is -2.40. The first-order chi connectivity index (χ1) is 7.52. The van der Waals surface area contributed by atoms with Crippen LogP contribution in [-0.4, -0.2) is 18.0 Å². The predicted octanol–water partition coefficient (Wildman–Crippen LogP) is 2.55. The number of hydrogen-bond donors (Lipinski definition) is 1. The summed E-state index contributed by atoms with van der Waals surface area (Å²) >= 11 is 0. The number of amides is 1. The second kappa shape index (κ2) is 3.81. The molecule has 3 nitrogen and oxygen atoms in total. The van der Waals surface area contributed by atoms with Gasteiger partial charge in [0, 0.05) is 6.04 Å². The highest BCUT2D eigenvalue weighted by Gasteiger charge is 2.31. The van der Waals surface area contributed by atoms with Gasteiger partial charge < -0.3 is 10.2 Å². The Labute approximate surface area is 96.5 Å². The summed E-state index contributed by atoms with van der Waals surface area (Å²) in [5, 5.41) is 2.95. The summed E-state index contributed by atoms with van der Waals surface area (Å²) < 4.78 is 0. The van der Waals surface area contributed by atoms with Crippen LogP contribution in [0.25, 0.3) is 0 Å². The van der Waals surface area contributed by atoms with E-state index in [1.54, 1.807) is 0 Å². The van der Waals surface area contributed by atoms with Gasteiger partial charge in [-0.25, -0.2) is 0 Å². The molecule has 0 saturated heterocycles. The van der Waals surface area contributed by atoms with Crippen LogP contribution in [0.3, 0.4) is 0 Å². The van der Waals surface area contributed by atoms with Gasteiger partial charge in [0.1, 0.15) is 6.04 Å². The molecule has 1 aliphatic heterocycles. The summed E-state index contributed by atoms with van der Waals surface area (Å²) in [6, 6.07) is 6.23. The molecule has 1 amide bonds. The van der Waals surface area contributed by atoms with Crippen LogP contribution in [0.1, 0.15) is 26.3 Å². The van der Waals surface area contributed by atoms with Crippen LogP contribution in [-0.2, 0) is 4.79 Å². The molecule has 2 rings (SSSR count). The number of carbonyl (C=O) groups excluding carboxylic acids is 1. The Morgan fingerprint density at radius 1 is 1.38 bits per heavy atom. The highest BCUT2D eigenvalue weighted by Crippen LogP contribution is 2.36. The Kier molecular flexibility index (Phi) is 2.62. The van der Waals surface area contributed by atoms with Crippen molar-refractivity contribution in [2.75, 3.05) is 10.2 Å². The number of hydrogen-bond acceptors (Lipinski definition) is 2. The standard InChI is InChI=1S/C13H18N2O/c1-8(2)15-10(4)13(16)14-11-7-5-6-9(3)12(11)15/h5-8,10H,1-4H3,(H,14,16). The summed E-state index contributed by atoms with van der Waals surface area (Å²) in [6.07, 6.45) is 0. The van der Waals surface area contributed by atoms with Crippen LogP contribution in [0, 0.1) is 6.92 Å². The molecule has 0 radical (unpaired) electrons. The minimum atomic E-state index is -0.103. The number of para-hydroxylation sites is 1. The molecule has 1 heterocycles. The van der Waals surface area contributed by atoms with E-state index in [1.165, 1.54) is 5.56 Å². The van der Waals surface area contributed by atoms with Gasteiger partial charge in [-0.15, -0.1) is 0 Å². The monoisotopic (exact) mass is 218 g/mol. The van der Waals surface area contributed by atoms with E-state index in [9.17, 15) is 4.79 Å². The molecule has 1 atom stereocenters. The minimum absolute atomic E-state index is 0.0757. The topological polar surface area (TPSA) is 32.3 Å². The number of nitrogens with one attached hydrogen (secondary N) is 1. The molecule has 3 heteroatoms. The molecule has 0 saturated carbocycles. The van der Waals surface area contributed by atoms with Crippen molar-refractivity contribution in [3.63, 3.8) is 0 Å². The molecule has 0 aromatic heterocycles. The fourth-order valence-corrected chi connectivity index (χ4v) is 2.37. The number of rotatable bonds is 1. The Morgan fingerprint density at radius 3 is 2.69 bits per heavy atom. The fourth-order valence-electron chi connectivity index (χ4n) is 2.37. The lowest BCUT2D eigenvalue weighted by atomic mass is 10.0. The fraction of sp³-hybridized carbons (Fsp3) is 0.462. The van der Waals surface area contributed by atoms with Crippen molar-refractivity contribution in [2.24, 2.45) is 0 Å². The average molecular weight is 218 g/mol. The van der Waals surface area contributed by atoms with Crippen molar-refractivity contribution in [3.05, 3.63) is 23.8 Å². The number of carbonyl (C=O) groups is 1. The van der Waals surface area contributed by atoms with Gasteiger partial charge in [-0.1, -0.05) is 12.1 Å². The van der Waals surface area contributed by atoms with E-state index in [0.717, 1.165) is 11.4 Å². The van der Waals surface area contributed by atoms with Crippen LogP contribution >= 0.6 is 0 Å². The Bertz CT molecular complexity index is 426. The predicted molar refractivity (Wildman–Crippen MR) is 66.9 cm³/mol. The smallest absolute Gasteiger partial charge is 0.246 e. The third-order valence-corrected chi connectivity index (χ3v) is 3.11. The van der Waals surface area contributed by atoms with E-state index in [2.05, 4.69) is 37.1 Å². The van der Waals surface area contributed by atoms with Crippen molar-refractivity contribution in [1.82, 2.24) is 0 Å². The zero-order valence-corrected chi connectivity index (χ0v) is 10.2. The molecule has 86 valence electrons. The van der Waals surface area contributed by atoms with E-state index < -0.39 is 0 Å². The maximum Gasteiger partial charge on any atom is 0.246 e. The quantitative estimate of drug-likeness (QED) is 0.785. The number of benzene rings is 1. The van der Waals surface area contributed by atoms with Gasteiger partial charge >= 0.3 is 0 Å². The SMILES string of the molecule is Cc1cccc2c1N(C(C)C)C(C)C(=O)N2. The number of nitrogens with zero attached hydrogens (tertiary/aromatic N) is 1. The first kappa shape index (κ1) is 11.0. The van der Waals surface area contributed by atoms with Gasteiger partial charge in [0.25, 0.3) is 0 Å². The highest BCUT2D eigenvalue weighted by molar-refractivity contribution is 6.04. The maximum absolute atomic E-state index is 11.8. The Hall–Kier alpha value is -1.51. The van der Waals surface area contributed by atoms with Crippen LogP contribution in [0.2, 0.25) is 0 Å². The average Bonchev–Trinajstić information content (AvgIpc) is 2.20. The van der Waals surface area contributed by atoms with Gasteiger partial charge in [-0.05, 0) is 39.3 Å². The van der Waals surface area contributed by atoms with E-state index in [0.29, 0.717) is 6.04 Å². The van der Waals surface area contributed by atoms with Crippen molar-refractivity contribution in [2.45, 2.75) is 39.8 Å². The molecule has 1 aliphatic rings.